The fraction of sp³-hybridized carbons (Fsp3) is 0.500. The summed E-state index contributed by atoms with van der Waals surface area (Å²) in [4.78, 5) is 15.9. The molecule has 1 aliphatic rings. The van der Waals surface area contributed by atoms with Gasteiger partial charge in [0, 0.05) is 7.11 Å². The number of nitrogen functional groups attached to an aromatic ring is 1. The lowest BCUT2D eigenvalue weighted by molar-refractivity contribution is 0.0722. The Balaban J connectivity index is 2.09. The van der Waals surface area contributed by atoms with Gasteiger partial charge in [-0.3, -0.25) is 4.79 Å². The van der Waals surface area contributed by atoms with Crippen molar-refractivity contribution >= 4 is 23.2 Å². The number of carbonyl (C=O) groups is 1. The number of hydrogen-bond donors (Lipinski definition) is 2. The van der Waals surface area contributed by atoms with Crippen LogP contribution in [0.2, 0.25) is 5.15 Å². The summed E-state index contributed by atoms with van der Waals surface area (Å²) in [6.07, 6.45) is 4.40. The molecule has 0 bridgehead atoms. The summed E-state index contributed by atoms with van der Waals surface area (Å²) < 4.78 is 5.33. The molecule has 0 aliphatic heterocycles. The number of carbonyl (C=O) groups excluding carboxylic acids is 1. The number of anilines is 1. The summed E-state index contributed by atoms with van der Waals surface area (Å²) >= 11 is 5.76. The number of amides is 1. The van der Waals surface area contributed by atoms with Crippen molar-refractivity contribution in [3.05, 3.63) is 23.0 Å². The molecule has 2 unspecified atom stereocenters. The SMILES string of the molecule is COC1CCCC1NC(=O)c1cc(Cl)ncc1N. The van der Waals surface area contributed by atoms with Crippen molar-refractivity contribution in [1.29, 1.82) is 0 Å². The van der Waals surface area contributed by atoms with E-state index >= 15 is 0 Å². The summed E-state index contributed by atoms with van der Waals surface area (Å²) in [6, 6.07) is 1.51. The second-order valence-corrected chi connectivity index (χ2v) is 4.77. The first-order chi connectivity index (χ1) is 8.61. The monoisotopic (exact) mass is 269 g/mol. The van der Waals surface area contributed by atoms with Crippen LogP contribution >= 0.6 is 11.6 Å². The van der Waals surface area contributed by atoms with Gasteiger partial charge in [0.15, 0.2) is 0 Å². The van der Waals surface area contributed by atoms with Crippen LogP contribution in [0.15, 0.2) is 12.3 Å². The van der Waals surface area contributed by atoms with E-state index in [0.29, 0.717) is 11.3 Å². The van der Waals surface area contributed by atoms with Crippen LogP contribution in [0.4, 0.5) is 5.69 Å². The van der Waals surface area contributed by atoms with E-state index in [9.17, 15) is 4.79 Å². The zero-order valence-corrected chi connectivity index (χ0v) is 10.9. The molecule has 1 fully saturated rings. The Bertz CT molecular complexity index is 453. The van der Waals surface area contributed by atoms with Gasteiger partial charge in [0.25, 0.3) is 5.91 Å². The number of aromatic nitrogens is 1. The lowest BCUT2D eigenvalue weighted by Gasteiger charge is -2.20. The molecule has 0 spiro atoms. The summed E-state index contributed by atoms with van der Waals surface area (Å²) in [7, 11) is 1.66. The fourth-order valence-electron chi connectivity index (χ4n) is 2.26. The van der Waals surface area contributed by atoms with Gasteiger partial charge >= 0.3 is 0 Å². The first kappa shape index (κ1) is 13.1. The van der Waals surface area contributed by atoms with Crippen molar-refractivity contribution in [2.75, 3.05) is 12.8 Å². The molecule has 18 heavy (non-hydrogen) atoms. The summed E-state index contributed by atoms with van der Waals surface area (Å²) in [5.41, 5.74) is 6.40. The number of nitrogens with zero attached hydrogens (tertiary/aromatic N) is 1. The third-order valence-corrected chi connectivity index (χ3v) is 3.42. The molecule has 1 aliphatic carbocycles. The number of nitrogens with one attached hydrogen (secondary N) is 1. The fourth-order valence-corrected chi connectivity index (χ4v) is 2.41. The molecule has 1 aromatic heterocycles. The summed E-state index contributed by atoms with van der Waals surface area (Å²) in [5.74, 6) is -0.231. The van der Waals surface area contributed by atoms with Crippen molar-refractivity contribution < 1.29 is 9.53 Å². The number of nitrogens with two attached hydrogens (primary N) is 1. The Hall–Kier alpha value is -1.33. The normalized spacial score (nSPS) is 23.0. The number of pyridine rings is 1. The molecule has 3 N–H and O–H groups in total. The Morgan fingerprint density at radius 3 is 3.11 bits per heavy atom. The highest BCUT2D eigenvalue weighted by atomic mass is 35.5. The van der Waals surface area contributed by atoms with Crippen molar-refractivity contribution in [2.24, 2.45) is 0 Å². The topological polar surface area (TPSA) is 77.2 Å². The molecule has 1 amide bonds. The van der Waals surface area contributed by atoms with Gasteiger partial charge in [0.05, 0.1) is 29.6 Å². The van der Waals surface area contributed by atoms with Crippen LogP contribution in [0.25, 0.3) is 0 Å². The minimum Gasteiger partial charge on any atom is -0.397 e. The molecule has 1 heterocycles. The van der Waals surface area contributed by atoms with Crippen molar-refractivity contribution in [3.8, 4) is 0 Å². The Morgan fingerprint density at radius 1 is 1.61 bits per heavy atom. The zero-order chi connectivity index (χ0) is 13.1. The molecule has 6 heteroatoms. The Kier molecular flexibility index (Phi) is 4.04. The number of ether oxygens (including phenoxy) is 1. The molecular weight excluding hydrogens is 254 g/mol. The zero-order valence-electron chi connectivity index (χ0n) is 10.1. The van der Waals surface area contributed by atoms with E-state index in [1.165, 1.54) is 12.3 Å². The standard InChI is InChI=1S/C12H16ClN3O2/c1-18-10-4-2-3-9(10)16-12(17)7-5-11(13)15-6-8(7)14/h5-6,9-10H,2-4,14H2,1H3,(H,16,17). The van der Waals surface area contributed by atoms with Crippen molar-refractivity contribution in [3.63, 3.8) is 0 Å². The number of hydrogen-bond acceptors (Lipinski definition) is 4. The van der Waals surface area contributed by atoms with Crippen LogP contribution in [0, 0.1) is 0 Å². The lowest BCUT2D eigenvalue weighted by Crippen LogP contribution is -2.40. The first-order valence-electron chi connectivity index (χ1n) is 5.86. The average molecular weight is 270 g/mol. The maximum absolute atomic E-state index is 12.1. The average Bonchev–Trinajstić information content (AvgIpc) is 2.79. The Labute approximate surface area is 111 Å². The largest absolute Gasteiger partial charge is 0.397 e. The van der Waals surface area contributed by atoms with Crippen molar-refractivity contribution in [1.82, 2.24) is 10.3 Å². The van der Waals surface area contributed by atoms with Gasteiger partial charge in [-0.2, -0.15) is 0 Å². The van der Waals surface area contributed by atoms with Crippen LogP contribution in [0.1, 0.15) is 29.6 Å². The number of methoxy groups -OCH3 is 1. The quantitative estimate of drug-likeness (QED) is 0.818. The van der Waals surface area contributed by atoms with Gasteiger partial charge < -0.3 is 15.8 Å². The highest BCUT2D eigenvalue weighted by Crippen LogP contribution is 2.22. The molecule has 0 saturated heterocycles. The molecular formula is C12H16ClN3O2. The van der Waals surface area contributed by atoms with E-state index in [0.717, 1.165) is 19.3 Å². The van der Waals surface area contributed by atoms with Gasteiger partial charge in [-0.1, -0.05) is 11.6 Å². The third-order valence-electron chi connectivity index (χ3n) is 3.22. The van der Waals surface area contributed by atoms with Crippen LogP contribution < -0.4 is 11.1 Å². The highest BCUT2D eigenvalue weighted by Gasteiger charge is 2.29. The van der Waals surface area contributed by atoms with Gasteiger partial charge in [-0.15, -0.1) is 0 Å². The van der Waals surface area contributed by atoms with Gasteiger partial charge in [0.1, 0.15) is 5.15 Å². The summed E-state index contributed by atoms with van der Waals surface area (Å²) in [6.45, 7) is 0. The Morgan fingerprint density at radius 2 is 2.39 bits per heavy atom. The molecule has 0 aromatic carbocycles. The first-order valence-corrected chi connectivity index (χ1v) is 6.24. The predicted octanol–water partition coefficient (Wildman–Crippen LogP) is 1.61. The van der Waals surface area contributed by atoms with E-state index in [2.05, 4.69) is 10.3 Å². The second kappa shape index (κ2) is 5.54. The van der Waals surface area contributed by atoms with Gasteiger partial charge in [0.2, 0.25) is 0 Å². The van der Waals surface area contributed by atoms with Crippen molar-refractivity contribution in [2.45, 2.75) is 31.4 Å². The van der Waals surface area contributed by atoms with Crippen LogP contribution in [0.5, 0.6) is 0 Å². The van der Waals surface area contributed by atoms with E-state index in [1.54, 1.807) is 7.11 Å². The number of halogens is 1. The number of rotatable bonds is 3. The summed E-state index contributed by atoms with van der Waals surface area (Å²) in [5, 5.41) is 3.19. The second-order valence-electron chi connectivity index (χ2n) is 4.38. The maximum atomic E-state index is 12.1. The molecule has 98 valence electrons. The third kappa shape index (κ3) is 2.73. The molecule has 0 radical (unpaired) electrons. The molecule has 2 atom stereocenters. The van der Waals surface area contributed by atoms with Crippen LogP contribution in [-0.4, -0.2) is 30.1 Å². The smallest absolute Gasteiger partial charge is 0.253 e. The van der Waals surface area contributed by atoms with Crippen LogP contribution in [0.3, 0.4) is 0 Å². The predicted molar refractivity (Wildman–Crippen MR) is 69.6 cm³/mol. The van der Waals surface area contributed by atoms with E-state index in [-0.39, 0.29) is 23.2 Å². The molecule has 1 saturated carbocycles. The van der Waals surface area contributed by atoms with E-state index < -0.39 is 0 Å². The van der Waals surface area contributed by atoms with Crippen LogP contribution in [-0.2, 0) is 4.74 Å². The molecule has 2 rings (SSSR count). The van der Waals surface area contributed by atoms with E-state index in [1.807, 2.05) is 0 Å². The molecule has 5 nitrogen and oxygen atoms in total. The highest BCUT2D eigenvalue weighted by molar-refractivity contribution is 6.29. The minimum atomic E-state index is -0.231. The lowest BCUT2D eigenvalue weighted by atomic mass is 10.1. The maximum Gasteiger partial charge on any atom is 0.253 e. The molecule has 1 aromatic rings. The van der Waals surface area contributed by atoms with E-state index in [4.69, 9.17) is 22.1 Å². The van der Waals surface area contributed by atoms with Gasteiger partial charge in [-0.05, 0) is 25.3 Å². The minimum absolute atomic E-state index is 0.0360. The van der Waals surface area contributed by atoms with Gasteiger partial charge in [-0.25, -0.2) is 4.98 Å².